The van der Waals surface area contributed by atoms with Gasteiger partial charge in [-0.1, -0.05) is 36.4 Å². The SMILES string of the molecule is CN=C(NCC(=O)N1CCc2ccccc21)NCc1ccccc1-n1nc(C)cc1C. The molecule has 0 saturated carbocycles. The van der Waals surface area contributed by atoms with E-state index < -0.39 is 0 Å². The number of carbonyl (C=O) groups excluding carboxylic acids is 1. The number of benzene rings is 2. The number of hydrogen-bond acceptors (Lipinski definition) is 3. The molecule has 3 aromatic rings. The number of aliphatic imine (C=N–C) groups is 1. The van der Waals surface area contributed by atoms with Crippen LogP contribution < -0.4 is 15.5 Å². The number of nitrogens with zero attached hydrogens (tertiary/aromatic N) is 4. The molecule has 2 aromatic carbocycles. The van der Waals surface area contributed by atoms with Crippen LogP contribution in [0.1, 0.15) is 22.5 Å². The fourth-order valence-electron chi connectivity index (χ4n) is 3.99. The number of para-hydroxylation sites is 2. The Morgan fingerprint density at radius 3 is 2.55 bits per heavy atom. The van der Waals surface area contributed by atoms with Crippen LogP contribution >= 0.6 is 0 Å². The van der Waals surface area contributed by atoms with Crippen molar-refractivity contribution in [1.82, 2.24) is 20.4 Å². The molecule has 31 heavy (non-hydrogen) atoms. The summed E-state index contributed by atoms with van der Waals surface area (Å²) in [5.74, 6) is 0.625. The third-order valence-electron chi connectivity index (χ3n) is 5.49. The normalized spacial score (nSPS) is 13.3. The van der Waals surface area contributed by atoms with Gasteiger partial charge in [-0.25, -0.2) is 4.68 Å². The second-order valence-corrected chi connectivity index (χ2v) is 7.67. The van der Waals surface area contributed by atoms with Crippen LogP contribution in [0, 0.1) is 13.8 Å². The average molecular weight is 417 g/mol. The molecular weight excluding hydrogens is 388 g/mol. The number of hydrogen-bond donors (Lipinski definition) is 2. The second-order valence-electron chi connectivity index (χ2n) is 7.67. The summed E-state index contributed by atoms with van der Waals surface area (Å²) in [5.41, 5.74) is 6.43. The molecule has 0 radical (unpaired) electrons. The lowest BCUT2D eigenvalue weighted by Gasteiger charge is -2.19. The first-order valence-corrected chi connectivity index (χ1v) is 10.5. The van der Waals surface area contributed by atoms with Crippen molar-refractivity contribution in [3.63, 3.8) is 0 Å². The van der Waals surface area contributed by atoms with Crippen LogP contribution in [0.2, 0.25) is 0 Å². The van der Waals surface area contributed by atoms with E-state index in [9.17, 15) is 4.79 Å². The van der Waals surface area contributed by atoms with Crippen molar-refractivity contribution in [3.8, 4) is 5.69 Å². The van der Waals surface area contributed by atoms with Crippen molar-refractivity contribution >= 4 is 17.6 Å². The van der Waals surface area contributed by atoms with Crippen molar-refractivity contribution in [2.24, 2.45) is 4.99 Å². The minimum absolute atomic E-state index is 0.0379. The summed E-state index contributed by atoms with van der Waals surface area (Å²) in [7, 11) is 1.71. The first-order valence-electron chi connectivity index (χ1n) is 10.5. The van der Waals surface area contributed by atoms with E-state index in [0.717, 1.165) is 41.3 Å². The Bertz CT molecular complexity index is 1120. The lowest BCUT2D eigenvalue weighted by Crippen LogP contribution is -2.44. The highest BCUT2D eigenvalue weighted by atomic mass is 16.2. The van der Waals surface area contributed by atoms with Gasteiger partial charge in [0.25, 0.3) is 0 Å². The monoisotopic (exact) mass is 416 g/mol. The van der Waals surface area contributed by atoms with E-state index in [0.29, 0.717) is 12.5 Å². The fraction of sp³-hybridized carbons (Fsp3) is 0.292. The summed E-state index contributed by atoms with van der Waals surface area (Å²) < 4.78 is 1.96. The van der Waals surface area contributed by atoms with Gasteiger partial charge in [0.2, 0.25) is 5.91 Å². The maximum atomic E-state index is 12.8. The molecule has 0 bridgehead atoms. The highest BCUT2D eigenvalue weighted by Crippen LogP contribution is 2.27. The van der Waals surface area contributed by atoms with Crippen molar-refractivity contribution in [3.05, 3.63) is 77.1 Å². The lowest BCUT2D eigenvalue weighted by atomic mass is 10.1. The first-order chi connectivity index (χ1) is 15.1. The zero-order valence-corrected chi connectivity index (χ0v) is 18.2. The van der Waals surface area contributed by atoms with Crippen LogP contribution in [-0.4, -0.2) is 41.8 Å². The minimum Gasteiger partial charge on any atom is -0.352 e. The molecule has 1 aliphatic rings. The number of fused-ring (bicyclic) bond motifs is 1. The van der Waals surface area contributed by atoms with Gasteiger partial charge in [-0.2, -0.15) is 5.10 Å². The average Bonchev–Trinajstić information content (AvgIpc) is 3.36. The van der Waals surface area contributed by atoms with E-state index in [-0.39, 0.29) is 12.5 Å². The van der Waals surface area contributed by atoms with Gasteiger partial charge >= 0.3 is 0 Å². The molecule has 0 aliphatic carbocycles. The lowest BCUT2D eigenvalue weighted by molar-refractivity contribution is -0.117. The van der Waals surface area contributed by atoms with Crippen LogP contribution in [0.15, 0.2) is 59.6 Å². The van der Waals surface area contributed by atoms with Crippen LogP contribution in [-0.2, 0) is 17.8 Å². The molecule has 0 atom stereocenters. The smallest absolute Gasteiger partial charge is 0.246 e. The Morgan fingerprint density at radius 2 is 1.81 bits per heavy atom. The number of aryl methyl sites for hydroxylation is 2. The fourth-order valence-corrected chi connectivity index (χ4v) is 3.99. The summed E-state index contributed by atoms with van der Waals surface area (Å²) in [6, 6.07) is 18.3. The minimum atomic E-state index is 0.0379. The molecule has 1 aromatic heterocycles. The number of carbonyl (C=O) groups is 1. The highest BCUT2D eigenvalue weighted by Gasteiger charge is 2.23. The maximum absolute atomic E-state index is 12.8. The van der Waals surface area contributed by atoms with E-state index >= 15 is 0 Å². The van der Waals surface area contributed by atoms with Gasteiger partial charge in [0.1, 0.15) is 0 Å². The number of rotatable bonds is 5. The number of amides is 1. The molecule has 160 valence electrons. The number of aromatic nitrogens is 2. The van der Waals surface area contributed by atoms with Crippen LogP contribution in [0.5, 0.6) is 0 Å². The Hall–Kier alpha value is -3.61. The van der Waals surface area contributed by atoms with Crippen molar-refractivity contribution < 1.29 is 4.79 Å². The van der Waals surface area contributed by atoms with Gasteiger partial charge in [-0.15, -0.1) is 0 Å². The third kappa shape index (κ3) is 4.45. The number of anilines is 1. The quantitative estimate of drug-likeness (QED) is 0.495. The van der Waals surface area contributed by atoms with Gasteiger partial charge in [-0.05, 0) is 49.6 Å². The van der Waals surface area contributed by atoms with Gasteiger partial charge in [0.15, 0.2) is 5.96 Å². The largest absolute Gasteiger partial charge is 0.352 e. The Kier molecular flexibility index (Phi) is 6.02. The number of guanidine groups is 1. The molecule has 0 saturated heterocycles. The molecular formula is C24H28N6O. The van der Waals surface area contributed by atoms with Crippen LogP contribution in [0.4, 0.5) is 5.69 Å². The summed E-state index contributed by atoms with van der Waals surface area (Å²) in [6.45, 7) is 5.52. The summed E-state index contributed by atoms with van der Waals surface area (Å²) in [6.07, 6.45) is 0.901. The van der Waals surface area contributed by atoms with Gasteiger partial charge in [-0.3, -0.25) is 9.79 Å². The van der Waals surface area contributed by atoms with Crippen LogP contribution in [0.3, 0.4) is 0 Å². The molecule has 0 fully saturated rings. The number of nitrogens with one attached hydrogen (secondary N) is 2. The van der Waals surface area contributed by atoms with E-state index in [1.807, 2.05) is 53.8 Å². The molecule has 7 heteroatoms. The van der Waals surface area contributed by atoms with E-state index in [1.165, 1.54) is 5.56 Å². The van der Waals surface area contributed by atoms with Crippen LogP contribution in [0.25, 0.3) is 5.69 Å². The van der Waals surface area contributed by atoms with Crippen molar-refractivity contribution in [1.29, 1.82) is 0 Å². The highest BCUT2D eigenvalue weighted by molar-refractivity contribution is 5.98. The van der Waals surface area contributed by atoms with Gasteiger partial charge in [0.05, 0.1) is 17.9 Å². The van der Waals surface area contributed by atoms with Gasteiger partial charge < -0.3 is 15.5 Å². The molecule has 1 aliphatic heterocycles. The topological polar surface area (TPSA) is 74.6 Å². The molecule has 1 amide bonds. The predicted octanol–water partition coefficient (Wildman–Crippen LogP) is 2.74. The standard InChI is InChI=1S/C24H28N6O/c1-17-14-18(2)30(28-17)22-11-7-5-9-20(22)15-26-24(25-3)27-16-23(31)29-13-12-19-8-4-6-10-21(19)29/h4-11,14H,12-13,15-16H2,1-3H3,(H2,25,26,27). The van der Waals surface area contributed by atoms with E-state index in [4.69, 9.17) is 0 Å². The summed E-state index contributed by atoms with van der Waals surface area (Å²) in [4.78, 5) is 18.9. The Labute approximate surface area is 182 Å². The molecule has 0 unspecified atom stereocenters. The summed E-state index contributed by atoms with van der Waals surface area (Å²) in [5, 5.41) is 11.1. The zero-order valence-electron chi connectivity index (χ0n) is 18.2. The van der Waals surface area contributed by atoms with E-state index in [2.05, 4.69) is 45.0 Å². The molecule has 2 heterocycles. The maximum Gasteiger partial charge on any atom is 0.246 e. The van der Waals surface area contributed by atoms with Crippen molar-refractivity contribution in [2.45, 2.75) is 26.8 Å². The Balaban J connectivity index is 1.38. The molecule has 4 rings (SSSR count). The predicted molar refractivity (Wildman–Crippen MR) is 124 cm³/mol. The van der Waals surface area contributed by atoms with Crippen molar-refractivity contribution in [2.75, 3.05) is 25.0 Å². The molecule has 7 nitrogen and oxygen atoms in total. The van der Waals surface area contributed by atoms with Gasteiger partial charge in [0, 0.05) is 31.5 Å². The molecule has 0 spiro atoms. The zero-order chi connectivity index (χ0) is 21.8. The second kappa shape index (κ2) is 9.04. The summed E-state index contributed by atoms with van der Waals surface area (Å²) >= 11 is 0. The van der Waals surface area contributed by atoms with E-state index in [1.54, 1.807) is 7.05 Å². The molecule has 2 N–H and O–H groups in total. The Morgan fingerprint density at radius 1 is 1.06 bits per heavy atom. The first kappa shape index (κ1) is 20.7. The third-order valence-corrected chi connectivity index (χ3v) is 5.49.